The molecule has 6 heteroatoms. The van der Waals surface area contributed by atoms with Crippen LogP contribution in [-0.4, -0.2) is 34.6 Å². The molecule has 0 saturated carbocycles. The van der Waals surface area contributed by atoms with Crippen molar-refractivity contribution in [2.24, 2.45) is 7.05 Å². The molecule has 0 radical (unpaired) electrons. The summed E-state index contributed by atoms with van der Waals surface area (Å²) in [5.74, 6) is 2.43. The zero-order chi connectivity index (χ0) is 15.9. The summed E-state index contributed by atoms with van der Waals surface area (Å²) in [5.41, 5.74) is 0.979. The zero-order valence-corrected chi connectivity index (χ0v) is 13.9. The fraction of sp³-hybridized carbons (Fsp3) is 0.375. The van der Waals surface area contributed by atoms with Gasteiger partial charge in [-0.2, -0.15) is 11.8 Å². The Balaban J connectivity index is 2.25. The maximum absolute atomic E-state index is 12.1. The van der Waals surface area contributed by atoms with Crippen LogP contribution in [0.1, 0.15) is 23.9 Å². The Kier molecular flexibility index (Phi) is 5.89. The number of rotatable bonds is 7. The van der Waals surface area contributed by atoms with Gasteiger partial charge in [-0.25, -0.2) is 4.98 Å². The van der Waals surface area contributed by atoms with Crippen LogP contribution in [0.5, 0.6) is 5.75 Å². The Morgan fingerprint density at radius 1 is 1.41 bits per heavy atom. The van der Waals surface area contributed by atoms with Crippen LogP contribution in [0.25, 0.3) is 0 Å². The molecule has 1 atom stereocenters. The molecule has 2 rings (SSSR count). The van der Waals surface area contributed by atoms with Crippen molar-refractivity contribution in [1.29, 1.82) is 0 Å². The fourth-order valence-electron chi connectivity index (χ4n) is 2.18. The highest BCUT2D eigenvalue weighted by Gasteiger charge is 2.20. The first-order valence-electron chi connectivity index (χ1n) is 7.05. The molecule has 0 spiro atoms. The first kappa shape index (κ1) is 16.4. The second-order valence-corrected chi connectivity index (χ2v) is 5.90. The number of ether oxygens (including phenoxy) is 1. The van der Waals surface area contributed by atoms with Crippen LogP contribution < -0.4 is 10.1 Å². The Bertz CT molecular complexity index is 610. The maximum atomic E-state index is 12.1. The van der Waals surface area contributed by atoms with E-state index < -0.39 is 0 Å². The molecule has 0 fully saturated rings. The summed E-state index contributed by atoms with van der Waals surface area (Å²) in [6.45, 7) is 0. The Morgan fingerprint density at radius 3 is 2.68 bits per heavy atom. The highest BCUT2D eigenvalue weighted by molar-refractivity contribution is 7.98. The standard InChI is InChI=1S/C16H21N3O2S/c1-19-10-9-17-16(19)15(18-14(20)8-11-22-3)12-4-6-13(21-2)7-5-12/h4-7,9-10,15H,8,11H2,1-3H3,(H,18,20). The Morgan fingerprint density at radius 2 is 2.14 bits per heavy atom. The topological polar surface area (TPSA) is 56.1 Å². The molecule has 118 valence electrons. The van der Waals surface area contributed by atoms with Gasteiger partial charge in [-0.15, -0.1) is 0 Å². The molecule has 0 aliphatic heterocycles. The van der Waals surface area contributed by atoms with Crippen molar-refractivity contribution >= 4 is 17.7 Å². The number of carbonyl (C=O) groups is 1. The third kappa shape index (κ3) is 4.04. The number of aryl methyl sites for hydroxylation is 1. The van der Waals surface area contributed by atoms with Gasteiger partial charge in [0.1, 0.15) is 17.6 Å². The predicted octanol–water partition coefficient (Wildman–Crippen LogP) is 2.39. The van der Waals surface area contributed by atoms with E-state index in [0.717, 1.165) is 22.9 Å². The van der Waals surface area contributed by atoms with Crippen LogP contribution in [0.15, 0.2) is 36.7 Å². The van der Waals surface area contributed by atoms with Crippen molar-refractivity contribution in [2.45, 2.75) is 12.5 Å². The third-order valence-electron chi connectivity index (χ3n) is 3.40. The molecule has 5 nitrogen and oxygen atoms in total. The van der Waals surface area contributed by atoms with Crippen molar-refractivity contribution < 1.29 is 9.53 Å². The molecule has 1 heterocycles. The smallest absolute Gasteiger partial charge is 0.221 e. The van der Waals surface area contributed by atoms with Crippen LogP contribution >= 0.6 is 11.8 Å². The van der Waals surface area contributed by atoms with E-state index in [0.29, 0.717) is 6.42 Å². The minimum atomic E-state index is -0.264. The molecule has 0 aliphatic rings. The number of thioether (sulfide) groups is 1. The number of nitrogens with zero attached hydrogens (tertiary/aromatic N) is 2. The predicted molar refractivity (Wildman–Crippen MR) is 89.2 cm³/mol. The summed E-state index contributed by atoms with van der Waals surface area (Å²) in [5, 5.41) is 3.07. The number of methoxy groups -OCH3 is 1. The summed E-state index contributed by atoms with van der Waals surface area (Å²) in [6, 6.07) is 7.42. The van der Waals surface area contributed by atoms with Gasteiger partial charge in [-0.05, 0) is 24.0 Å². The lowest BCUT2D eigenvalue weighted by molar-refractivity contribution is -0.121. The minimum Gasteiger partial charge on any atom is -0.497 e. The number of amides is 1. The summed E-state index contributed by atoms with van der Waals surface area (Å²) >= 11 is 1.66. The average molecular weight is 319 g/mol. The van der Waals surface area contributed by atoms with Crippen molar-refractivity contribution in [2.75, 3.05) is 19.1 Å². The molecule has 1 amide bonds. The molecule has 1 unspecified atom stereocenters. The van der Waals surface area contributed by atoms with Gasteiger partial charge in [0.15, 0.2) is 0 Å². The highest BCUT2D eigenvalue weighted by atomic mass is 32.2. The summed E-state index contributed by atoms with van der Waals surface area (Å²) in [4.78, 5) is 16.5. The van der Waals surface area contributed by atoms with Crippen LogP contribution in [0, 0.1) is 0 Å². The van der Waals surface area contributed by atoms with E-state index in [4.69, 9.17) is 4.74 Å². The van der Waals surface area contributed by atoms with Gasteiger partial charge in [0.05, 0.1) is 7.11 Å². The molecule has 2 aromatic rings. The van der Waals surface area contributed by atoms with Crippen molar-refractivity contribution in [1.82, 2.24) is 14.9 Å². The van der Waals surface area contributed by atoms with Gasteiger partial charge in [-0.1, -0.05) is 12.1 Å². The summed E-state index contributed by atoms with van der Waals surface area (Å²) in [6.07, 6.45) is 6.10. The monoisotopic (exact) mass is 319 g/mol. The molecule has 1 N–H and O–H groups in total. The average Bonchev–Trinajstić information content (AvgIpc) is 2.96. The zero-order valence-electron chi connectivity index (χ0n) is 13.1. The van der Waals surface area contributed by atoms with Gasteiger partial charge in [-0.3, -0.25) is 4.79 Å². The van der Waals surface area contributed by atoms with Gasteiger partial charge in [0.2, 0.25) is 5.91 Å². The van der Waals surface area contributed by atoms with Crippen molar-refractivity contribution in [3.63, 3.8) is 0 Å². The lowest BCUT2D eigenvalue weighted by Gasteiger charge is -2.19. The third-order valence-corrected chi connectivity index (χ3v) is 4.02. The van der Waals surface area contributed by atoms with Crippen LogP contribution in [-0.2, 0) is 11.8 Å². The van der Waals surface area contributed by atoms with Gasteiger partial charge < -0.3 is 14.6 Å². The number of benzene rings is 1. The second-order valence-electron chi connectivity index (χ2n) is 4.91. The molecule has 0 bridgehead atoms. The molecule has 0 aliphatic carbocycles. The van der Waals surface area contributed by atoms with Gasteiger partial charge in [0, 0.05) is 31.6 Å². The molecular formula is C16H21N3O2S. The van der Waals surface area contributed by atoms with E-state index in [9.17, 15) is 4.79 Å². The van der Waals surface area contributed by atoms with Crippen LogP contribution in [0.2, 0.25) is 0 Å². The molecule has 1 aromatic carbocycles. The lowest BCUT2D eigenvalue weighted by Crippen LogP contribution is -2.31. The van der Waals surface area contributed by atoms with E-state index in [-0.39, 0.29) is 11.9 Å². The summed E-state index contributed by atoms with van der Waals surface area (Å²) < 4.78 is 7.11. The maximum Gasteiger partial charge on any atom is 0.221 e. The molecule has 0 saturated heterocycles. The van der Waals surface area contributed by atoms with Crippen LogP contribution in [0.3, 0.4) is 0 Å². The molecule has 22 heavy (non-hydrogen) atoms. The second kappa shape index (κ2) is 7.89. The lowest BCUT2D eigenvalue weighted by atomic mass is 10.1. The number of aromatic nitrogens is 2. The normalized spacial score (nSPS) is 12.0. The number of hydrogen-bond donors (Lipinski definition) is 1. The van der Waals surface area contributed by atoms with Gasteiger partial charge in [0.25, 0.3) is 0 Å². The Hall–Kier alpha value is -1.95. The number of carbonyl (C=O) groups excluding carboxylic acids is 1. The SMILES string of the molecule is COc1ccc(C(NC(=O)CCSC)c2nccn2C)cc1. The first-order valence-corrected chi connectivity index (χ1v) is 8.44. The van der Waals surface area contributed by atoms with Crippen molar-refractivity contribution in [3.8, 4) is 5.75 Å². The number of imidazole rings is 1. The number of nitrogens with one attached hydrogen (secondary N) is 1. The fourth-order valence-corrected chi connectivity index (χ4v) is 2.57. The van der Waals surface area contributed by atoms with E-state index in [1.165, 1.54) is 0 Å². The Labute approximate surface area is 135 Å². The van der Waals surface area contributed by atoms with E-state index in [2.05, 4.69) is 10.3 Å². The number of hydrogen-bond acceptors (Lipinski definition) is 4. The summed E-state index contributed by atoms with van der Waals surface area (Å²) in [7, 11) is 3.56. The highest BCUT2D eigenvalue weighted by Crippen LogP contribution is 2.23. The quantitative estimate of drug-likeness (QED) is 0.851. The minimum absolute atomic E-state index is 0.0261. The van der Waals surface area contributed by atoms with E-state index in [1.54, 1.807) is 25.1 Å². The largest absolute Gasteiger partial charge is 0.497 e. The van der Waals surface area contributed by atoms with E-state index in [1.807, 2.05) is 48.3 Å². The molecular weight excluding hydrogens is 298 g/mol. The van der Waals surface area contributed by atoms with E-state index >= 15 is 0 Å². The van der Waals surface area contributed by atoms with Crippen molar-refractivity contribution in [3.05, 3.63) is 48.0 Å². The first-order chi connectivity index (χ1) is 10.7. The molecule has 1 aromatic heterocycles. The van der Waals surface area contributed by atoms with Crippen LogP contribution in [0.4, 0.5) is 0 Å². The van der Waals surface area contributed by atoms with Gasteiger partial charge >= 0.3 is 0 Å².